The number of unbranched alkanes of at least 4 members (excludes halogenated alkanes) is 1. The fourth-order valence-electron chi connectivity index (χ4n) is 2.64. The summed E-state index contributed by atoms with van der Waals surface area (Å²) >= 11 is 0. The normalized spacial score (nSPS) is 9.86. The molecule has 2 aromatic rings. The lowest BCUT2D eigenvalue weighted by Gasteiger charge is -2.22. The molecule has 0 aliphatic carbocycles. The van der Waals surface area contributed by atoms with Gasteiger partial charge >= 0.3 is 0 Å². The van der Waals surface area contributed by atoms with Crippen molar-refractivity contribution in [3.05, 3.63) is 60.2 Å². The van der Waals surface area contributed by atoms with Crippen LogP contribution in [0.25, 0.3) is 0 Å². The van der Waals surface area contributed by atoms with Crippen LogP contribution < -0.4 is 9.47 Å². The van der Waals surface area contributed by atoms with Crippen LogP contribution in [0, 0.1) is 0 Å². The Balaban J connectivity index is 0.00000392. The first-order valence-corrected chi connectivity index (χ1v) is 9.35. The van der Waals surface area contributed by atoms with Gasteiger partial charge in [-0.05, 0) is 42.7 Å². The van der Waals surface area contributed by atoms with E-state index in [1.807, 2.05) is 80.5 Å². The number of hydrogen-bond acceptors (Lipinski definition) is 3. The highest BCUT2D eigenvalue weighted by Gasteiger charge is 2.03. The van der Waals surface area contributed by atoms with Crippen LogP contribution in [0.15, 0.2) is 59.6 Å². The van der Waals surface area contributed by atoms with E-state index in [1.54, 1.807) is 0 Å². The number of ether oxygens (including phenoxy) is 2. The first-order chi connectivity index (χ1) is 13.1. The third kappa shape index (κ3) is 8.82. The van der Waals surface area contributed by atoms with Crippen molar-refractivity contribution in [2.24, 2.45) is 4.99 Å². The molecule has 0 unspecified atom stereocenters. The van der Waals surface area contributed by atoms with Gasteiger partial charge in [0.2, 0.25) is 0 Å². The van der Waals surface area contributed by atoms with Crippen molar-refractivity contribution >= 4 is 29.9 Å². The predicted octanol–water partition coefficient (Wildman–Crippen LogP) is 4.52. The minimum absolute atomic E-state index is 0. The van der Waals surface area contributed by atoms with E-state index in [1.165, 1.54) is 0 Å². The molecule has 0 amide bonds. The summed E-state index contributed by atoms with van der Waals surface area (Å²) < 4.78 is 11.6. The molecule has 2 aromatic carbocycles. The van der Waals surface area contributed by atoms with Crippen LogP contribution in [-0.2, 0) is 6.61 Å². The Morgan fingerprint density at radius 1 is 0.786 bits per heavy atom. The molecule has 0 heterocycles. The zero-order chi connectivity index (χ0) is 19.5. The third-order valence-electron chi connectivity index (χ3n) is 3.95. The molecule has 0 bridgehead atoms. The van der Waals surface area contributed by atoms with Crippen LogP contribution in [0.3, 0.4) is 0 Å². The highest BCUT2D eigenvalue weighted by molar-refractivity contribution is 14.0. The van der Waals surface area contributed by atoms with Crippen molar-refractivity contribution in [3.63, 3.8) is 0 Å². The number of aliphatic imine (C=N–C) groups is 1. The van der Waals surface area contributed by atoms with E-state index in [0.29, 0.717) is 13.2 Å². The van der Waals surface area contributed by atoms with Crippen LogP contribution >= 0.6 is 24.0 Å². The lowest BCUT2D eigenvalue weighted by Crippen LogP contribution is -2.35. The molecule has 2 rings (SSSR count). The van der Waals surface area contributed by atoms with E-state index >= 15 is 0 Å². The Labute approximate surface area is 186 Å². The number of halogens is 1. The third-order valence-corrected chi connectivity index (χ3v) is 3.95. The summed E-state index contributed by atoms with van der Waals surface area (Å²) in [5.74, 6) is 2.70. The Morgan fingerprint density at radius 3 is 1.93 bits per heavy atom. The van der Waals surface area contributed by atoms with Crippen molar-refractivity contribution in [2.45, 2.75) is 19.4 Å². The molecule has 28 heavy (non-hydrogen) atoms. The minimum Gasteiger partial charge on any atom is -0.494 e. The summed E-state index contributed by atoms with van der Waals surface area (Å²) in [5.41, 5.74) is 1.16. The topological polar surface area (TPSA) is 37.3 Å². The van der Waals surface area contributed by atoms with E-state index in [-0.39, 0.29) is 24.0 Å². The summed E-state index contributed by atoms with van der Waals surface area (Å²) in [6.45, 7) is 2.07. The van der Waals surface area contributed by atoms with Gasteiger partial charge in [0.1, 0.15) is 18.1 Å². The summed E-state index contributed by atoms with van der Waals surface area (Å²) in [6, 6.07) is 18.0. The summed E-state index contributed by atoms with van der Waals surface area (Å²) in [4.78, 5) is 8.67. The zero-order valence-electron chi connectivity index (χ0n) is 17.3. The van der Waals surface area contributed by atoms with Crippen molar-refractivity contribution in [1.82, 2.24) is 9.80 Å². The van der Waals surface area contributed by atoms with Gasteiger partial charge in [-0.1, -0.05) is 30.3 Å². The smallest absolute Gasteiger partial charge is 0.195 e. The Kier molecular flexibility index (Phi) is 11.4. The van der Waals surface area contributed by atoms with Crippen LogP contribution in [-0.4, -0.2) is 57.1 Å². The van der Waals surface area contributed by atoms with Crippen molar-refractivity contribution in [1.29, 1.82) is 0 Å². The lowest BCUT2D eigenvalue weighted by molar-refractivity contribution is 0.298. The van der Waals surface area contributed by atoms with Crippen LogP contribution in [0.1, 0.15) is 18.4 Å². The monoisotopic (exact) mass is 497 g/mol. The molecule has 0 atom stereocenters. The first kappa shape index (κ1) is 24.1. The Hall–Kier alpha value is -1.96. The van der Waals surface area contributed by atoms with Crippen LogP contribution in [0.4, 0.5) is 0 Å². The maximum Gasteiger partial charge on any atom is 0.195 e. The summed E-state index contributed by atoms with van der Waals surface area (Å²) in [6.07, 6.45) is 1.98. The van der Waals surface area contributed by atoms with E-state index in [0.717, 1.165) is 42.4 Å². The Morgan fingerprint density at radius 2 is 1.36 bits per heavy atom. The molecule has 0 saturated carbocycles. The molecule has 0 radical (unpaired) electrons. The zero-order valence-corrected chi connectivity index (χ0v) is 19.6. The maximum absolute atomic E-state index is 5.80. The first-order valence-electron chi connectivity index (χ1n) is 9.35. The van der Waals surface area contributed by atoms with Crippen molar-refractivity contribution < 1.29 is 9.47 Å². The van der Waals surface area contributed by atoms with Gasteiger partial charge in [0.25, 0.3) is 0 Å². The van der Waals surface area contributed by atoms with Gasteiger partial charge in [0.15, 0.2) is 5.96 Å². The molecule has 0 aromatic heterocycles. The number of guanidine groups is 1. The Bertz CT molecular complexity index is 679. The molecular weight excluding hydrogens is 465 g/mol. The maximum atomic E-state index is 5.80. The predicted molar refractivity (Wildman–Crippen MR) is 127 cm³/mol. The molecule has 154 valence electrons. The molecular formula is C22H32IN3O2. The average molecular weight is 497 g/mol. The highest BCUT2D eigenvalue weighted by Crippen LogP contribution is 2.19. The van der Waals surface area contributed by atoms with Gasteiger partial charge in [-0.15, -0.1) is 24.0 Å². The molecule has 5 nitrogen and oxygen atoms in total. The average Bonchev–Trinajstić information content (AvgIpc) is 2.67. The number of rotatable bonds is 9. The SMILES string of the molecule is CN(C)C(=NCCCCOc1ccc(OCc2ccccc2)cc1)N(C)C.I. The molecule has 0 aliphatic heterocycles. The van der Waals surface area contributed by atoms with Gasteiger partial charge in [-0.2, -0.15) is 0 Å². The molecule has 0 aliphatic rings. The fraction of sp³-hybridized carbons (Fsp3) is 0.409. The van der Waals surface area contributed by atoms with E-state index in [9.17, 15) is 0 Å². The second kappa shape index (κ2) is 13.3. The highest BCUT2D eigenvalue weighted by atomic mass is 127. The quantitative estimate of drug-likeness (QED) is 0.221. The number of nitrogens with zero attached hydrogens (tertiary/aromatic N) is 3. The molecule has 0 saturated heterocycles. The van der Waals surface area contributed by atoms with Gasteiger partial charge in [-0.25, -0.2) is 0 Å². The lowest BCUT2D eigenvalue weighted by atomic mass is 10.2. The number of hydrogen-bond donors (Lipinski definition) is 0. The summed E-state index contributed by atoms with van der Waals surface area (Å²) in [7, 11) is 8.04. The van der Waals surface area contributed by atoms with Gasteiger partial charge in [-0.3, -0.25) is 4.99 Å². The molecule has 0 fully saturated rings. The fourth-order valence-corrected chi connectivity index (χ4v) is 2.64. The standard InChI is InChI=1S/C22H31N3O2.HI/c1-24(2)22(25(3)4)23-16-8-9-17-26-20-12-14-21(15-13-20)27-18-19-10-6-5-7-11-19;/h5-7,10-15H,8-9,16-18H2,1-4H3;1H. The van der Waals surface area contributed by atoms with E-state index < -0.39 is 0 Å². The van der Waals surface area contributed by atoms with Crippen molar-refractivity contribution in [2.75, 3.05) is 41.3 Å². The van der Waals surface area contributed by atoms with Gasteiger partial charge in [0.05, 0.1) is 6.61 Å². The van der Waals surface area contributed by atoms with E-state index in [2.05, 4.69) is 17.1 Å². The van der Waals surface area contributed by atoms with Crippen LogP contribution in [0.5, 0.6) is 11.5 Å². The van der Waals surface area contributed by atoms with Gasteiger partial charge in [0, 0.05) is 34.7 Å². The molecule has 6 heteroatoms. The minimum atomic E-state index is 0. The summed E-state index contributed by atoms with van der Waals surface area (Å²) in [5, 5.41) is 0. The molecule has 0 spiro atoms. The van der Waals surface area contributed by atoms with Crippen molar-refractivity contribution in [3.8, 4) is 11.5 Å². The number of benzene rings is 2. The van der Waals surface area contributed by atoms with E-state index in [4.69, 9.17) is 9.47 Å². The second-order valence-electron chi connectivity index (χ2n) is 6.77. The second-order valence-corrected chi connectivity index (χ2v) is 6.77. The molecule has 0 N–H and O–H groups in total. The van der Waals surface area contributed by atoms with Crippen LogP contribution in [0.2, 0.25) is 0 Å². The van der Waals surface area contributed by atoms with Gasteiger partial charge < -0.3 is 19.3 Å². The largest absolute Gasteiger partial charge is 0.494 e.